The Morgan fingerprint density at radius 3 is 2.50 bits per heavy atom. The third-order valence-electron chi connectivity index (χ3n) is 6.07. The van der Waals surface area contributed by atoms with Gasteiger partial charge in [-0.15, -0.1) is 0 Å². The van der Waals surface area contributed by atoms with Crippen molar-refractivity contribution >= 4 is 21.6 Å². The molecule has 1 aliphatic heterocycles. The maximum atomic E-state index is 13.2. The molecule has 0 atom stereocenters. The van der Waals surface area contributed by atoms with Gasteiger partial charge in [-0.25, -0.2) is 13.6 Å². The average molecular weight is 451 g/mol. The number of hydrogen-bond donors (Lipinski definition) is 2. The summed E-state index contributed by atoms with van der Waals surface area (Å²) in [4.78, 5) is 13.2. The number of sulfonamides is 1. The van der Waals surface area contributed by atoms with Crippen LogP contribution in [0.2, 0.25) is 0 Å². The van der Waals surface area contributed by atoms with Crippen LogP contribution in [0.5, 0.6) is 11.5 Å². The number of carbonyl (C=O) groups is 1. The highest BCUT2D eigenvalue weighted by Crippen LogP contribution is 2.51. The number of fused-ring (bicyclic) bond motifs is 1. The topological polar surface area (TPSA) is 108 Å². The molecule has 1 fully saturated rings. The average Bonchev–Trinajstić information content (AvgIpc) is 3.44. The minimum Gasteiger partial charge on any atom is -0.454 e. The Kier molecular flexibility index (Phi) is 4.72. The highest BCUT2D eigenvalue weighted by atomic mass is 32.2. The van der Waals surface area contributed by atoms with Gasteiger partial charge in [-0.3, -0.25) is 4.79 Å². The van der Waals surface area contributed by atoms with Gasteiger partial charge in [0.05, 0.1) is 10.3 Å². The second-order valence-electron chi connectivity index (χ2n) is 8.21. The lowest BCUT2D eigenvalue weighted by Crippen LogP contribution is -2.27. The molecule has 0 spiro atoms. The first-order valence-electron chi connectivity index (χ1n) is 10.2. The van der Waals surface area contributed by atoms with Crippen molar-refractivity contribution in [2.45, 2.75) is 30.1 Å². The van der Waals surface area contributed by atoms with E-state index in [0.29, 0.717) is 17.2 Å². The Hall–Kier alpha value is -3.36. The number of ether oxygens (including phenoxy) is 2. The van der Waals surface area contributed by atoms with Gasteiger partial charge in [0.2, 0.25) is 22.7 Å². The lowest BCUT2D eigenvalue weighted by molar-refractivity contribution is -0.118. The van der Waals surface area contributed by atoms with Crippen molar-refractivity contribution in [3.05, 3.63) is 71.8 Å². The zero-order valence-electron chi connectivity index (χ0n) is 17.4. The largest absolute Gasteiger partial charge is 0.454 e. The van der Waals surface area contributed by atoms with E-state index in [4.69, 9.17) is 14.6 Å². The Morgan fingerprint density at radius 1 is 1.00 bits per heavy atom. The molecule has 0 unspecified atom stereocenters. The van der Waals surface area contributed by atoms with Crippen LogP contribution < -0.4 is 19.9 Å². The van der Waals surface area contributed by atoms with Gasteiger partial charge in [0.15, 0.2) is 11.5 Å². The summed E-state index contributed by atoms with van der Waals surface area (Å²) in [6.45, 7) is 2.11. The maximum absolute atomic E-state index is 13.2. The van der Waals surface area contributed by atoms with Gasteiger partial charge < -0.3 is 14.8 Å². The Morgan fingerprint density at radius 2 is 1.78 bits per heavy atom. The summed E-state index contributed by atoms with van der Waals surface area (Å²) >= 11 is 0. The monoisotopic (exact) mass is 450 g/mol. The maximum Gasteiger partial charge on any atom is 0.238 e. The normalized spacial score (nSPS) is 15.9. The van der Waals surface area contributed by atoms with Gasteiger partial charge in [-0.1, -0.05) is 24.3 Å². The predicted molar refractivity (Wildman–Crippen MR) is 120 cm³/mol. The van der Waals surface area contributed by atoms with E-state index in [1.54, 1.807) is 12.1 Å². The molecular weight excluding hydrogens is 428 g/mol. The highest BCUT2D eigenvalue weighted by molar-refractivity contribution is 7.89. The number of rotatable bonds is 5. The van der Waals surface area contributed by atoms with Gasteiger partial charge in [0.1, 0.15) is 0 Å². The van der Waals surface area contributed by atoms with Gasteiger partial charge >= 0.3 is 0 Å². The van der Waals surface area contributed by atoms with Crippen molar-refractivity contribution < 1.29 is 22.7 Å². The number of hydrogen-bond acceptors (Lipinski definition) is 5. The van der Waals surface area contributed by atoms with Crippen molar-refractivity contribution in [3.8, 4) is 22.6 Å². The van der Waals surface area contributed by atoms with E-state index in [0.717, 1.165) is 35.1 Å². The molecule has 8 heteroatoms. The lowest BCUT2D eigenvalue weighted by atomic mass is 9.94. The fourth-order valence-corrected chi connectivity index (χ4v) is 4.68. The number of benzene rings is 3. The quantitative estimate of drug-likeness (QED) is 0.616. The summed E-state index contributed by atoms with van der Waals surface area (Å²) in [6, 6.07) is 17.7. The fraction of sp³-hybridized carbons (Fsp3) is 0.208. The summed E-state index contributed by atoms with van der Waals surface area (Å²) < 4.78 is 34.2. The molecule has 0 bridgehead atoms. The van der Waals surface area contributed by atoms with Crippen molar-refractivity contribution in [2.24, 2.45) is 5.14 Å². The molecule has 3 N–H and O–H groups in total. The molecule has 1 saturated carbocycles. The van der Waals surface area contributed by atoms with Crippen LogP contribution in [-0.4, -0.2) is 21.1 Å². The SMILES string of the molecule is Cc1cc(NC(=O)C2(c3ccc4c(c3)OCO4)CC2)ccc1-c1cccc(S(N)(=O)=O)c1. The molecular formula is C24H22N2O5S. The molecule has 2 aliphatic rings. The second kappa shape index (κ2) is 7.36. The summed E-state index contributed by atoms with van der Waals surface area (Å²) in [5.41, 5.74) is 3.56. The molecule has 0 saturated heterocycles. The number of primary sulfonamides is 1. The van der Waals surface area contributed by atoms with Crippen LogP contribution in [-0.2, 0) is 20.2 Å². The van der Waals surface area contributed by atoms with Gasteiger partial charge in [-0.2, -0.15) is 0 Å². The van der Waals surface area contributed by atoms with E-state index in [1.807, 2.05) is 49.4 Å². The van der Waals surface area contributed by atoms with Crippen LogP contribution >= 0.6 is 0 Å². The van der Waals surface area contributed by atoms with Crippen molar-refractivity contribution in [2.75, 3.05) is 12.1 Å². The molecule has 5 rings (SSSR count). The molecule has 3 aromatic carbocycles. The number of aryl methyl sites for hydroxylation is 1. The minimum atomic E-state index is -3.78. The van der Waals surface area contributed by atoms with Crippen LogP contribution in [0, 0.1) is 6.92 Å². The van der Waals surface area contributed by atoms with Crippen LogP contribution in [0.15, 0.2) is 65.6 Å². The zero-order valence-corrected chi connectivity index (χ0v) is 18.2. The fourth-order valence-electron chi connectivity index (χ4n) is 4.12. The molecule has 0 radical (unpaired) electrons. The zero-order chi connectivity index (χ0) is 22.5. The van der Waals surface area contributed by atoms with Crippen molar-refractivity contribution in [3.63, 3.8) is 0 Å². The van der Waals surface area contributed by atoms with E-state index in [2.05, 4.69) is 5.32 Å². The van der Waals surface area contributed by atoms with Crippen LogP contribution in [0.25, 0.3) is 11.1 Å². The van der Waals surface area contributed by atoms with E-state index in [9.17, 15) is 13.2 Å². The Bertz CT molecular complexity index is 1350. The summed E-state index contributed by atoms with van der Waals surface area (Å²) in [6.07, 6.45) is 1.55. The van der Waals surface area contributed by atoms with Gasteiger partial charge in [0.25, 0.3) is 0 Å². The van der Waals surface area contributed by atoms with Crippen molar-refractivity contribution in [1.82, 2.24) is 0 Å². The predicted octanol–water partition coefficient (Wildman–Crippen LogP) is 3.71. The first kappa shape index (κ1) is 20.5. The minimum absolute atomic E-state index is 0.0558. The molecule has 1 amide bonds. The second-order valence-corrected chi connectivity index (χ2v) is 9.77. The van der Waals surface area contributed by atoms with Crippen molar-refractivity contribution in [1.29, 1.82) is 0 Å². The third kappa shape index (κ3) is 3.61. The number of carbonyl (C=O) groups excluding carboxylic acids is 1. The van der Waals surface area contributed by atoms with E-state index < -0.39 is 15.4 Å². The number of anilines is 1. The standard InChI is InChI=1S/C24H22N2O5S/c1-15-11-18(6-7-20(15)16-3-2-4-19(12-16)32(25,28)29)26-23(27)24(9-10-24)17-5-8-21-22(13-17)31-14-30-21/h2-8,11-13H,9-10,14H2,1H3,(H,26,27)(H2,25,28,29). The lowest BCUT2D eigenvalue weighted by Gasteiger charge is -2.17. The first-order chi connectivity index (χ1) is 15.3. The van der Waals surface area contributed by atoms with Crippen LogP contribution in [0.3, 0.4) is 0 Å². The Balaban J connectivity index is 1.38. The molecule has 1 heterocycles. The van der Waals surface area contributed by atoms with Gasteiger partial charge in [-0.05, 0) is 78.4 Å². The third-order valence-corrected chi connectivity index (χ3v) is 6.98. The number of amides is 1. The number of nitrogens with two attached hydrogens (primary N) is 1. The molecule has 1 aliphatic carbocycles. The van der Waals surface area contributed by atoms with E-state index in [-0.39, 0.29) is 17.6 Å². The molecule has 7 nitrogen and oxygen atoms in total. The summed E-state index contributed by atoms with van der Waals surface area (Å²) in [5.74, 6) is 1.31. The molecule has 32 heavy (non-hydrogen) atoms. The molecule has 3 aromatic rings. The number of nitrogens with one attached hydrogen (secondary N) is 1. The van der Waals surface area contributed by atoms with Crippen LogP contribution in [0.4, 0.5) is 5.69 Å². The highest BCUT2D eigenvalue weighted by Gasteiger charge is 2.51. The van der Waals surface area contributed by atoms with E-state index in [1.165, 1.54) is 6.07 Å². The molecule has 0 aromatic heterocycles. The first-order valence-corrected chi connectivity index (χ1v) is 11.8. The van der Waals surface area contributed by atoms with E-state index >= 15 is 0 Å². The summed E-state index contributed by atoms with van der Waals surface area (Å²) in [5, 5.41) is 8.29. The van der Waals surface area contributed by atoms with Gasteiger partial charge in [0, 0.05) is 5.69 Å². The summed E-state index contributed by atoms with van der Waals surface area (Å²) in [7, 11) is -3.78. The smallest absolute Gasteiger partial charge is 0.238 e. The molecule has 164 valence electrons. The van der Waals surface area contributed by atoms with Crippen LogP contribution in [0.1, 0.15) is 24.0 Å². The Labute approximate surface area is 186 Å².